The lowest BCUT2D eigenvalue weighted by atomic mass is 10.1. The predicted molar refractivity (Wildman–Crippen MR) is 47.6 cm³/mol. The van der Waals surface area contributed by atoms with Crippen LogP contribution in [0.3, 0.4) is 0 Å². The topological polar surface area (TPSA) is 0 Å². The summed E-state index contributed by atoms with van der Waals surface area (Å²) in [5, 5.41) is 0. The smallest absolute Gasteiger partial charge is 0.0109 e. The Balaban J connectivity index is 3.10. The highest BCUT2D eigenvalue weighted by Gasteiger charge is 2.01. The second-order valence-electron chi connectivity index (χ2n) is 2.64. The van der Waals surface area contributed by atoms with Crippen LogP contribution in [0.25, 0.3) is 0 Å². The van der Waals surface area contributed by atoms with Crippen LogP contribution in [-0.2, 0) is 0 Å². The van der Waals surface area contributed by atoms with Crippen LogP contribution < -0.4 is 0 Å². The number of halogens is 1. The molecule has 0 saturated heterocycles. The van der Waals surface area contributed by atoms with Crippen molar-refractivity contribution < 1.29 is 0 Å². The fraction of sp³-hybridized carbons (Fsp3) is 1.00. The zero-order valence-electron chi connectivity index (χ0n) is 5.95. The van der Waals surface area contributed by atoms with Crippen LogP contribution in [0.4, 0.5) is 0 Å². The highest BCUT2D eigenvalue weighted by atomic mass is 127. The van der Waals surface area contributed by atoms with Crippen molar-refractivity contribution in [2.75, 3.05) is 0 Å². The lowest BCUT2D eigenvalue weighted by Crippen LogP contribution is -1.99. The van der Waals surface area contributed by atoms with Gasteiger partial charge in [0.25, 0.3) is 0 Å². The zero-order valence-corrected chi connectivity index (χ0v) is 8.10. The van der Waals surface area contributed by atoms with Gasteiger partial charge in [-0.2, -0.15) is 0 Å². The van der Waals surface area contributed by atoms with Crippen molar-refractivity contribution in [2.45, 2.75) is 37.5 Å². The first kappa shape index (κ1) is 8.73. The fourth-order valence-electron chi connectivity index (χ4n) is 0.678. The molecule has 0 radical (unpaired) electrons. The van der Waals surface area contributed by atoms with Gasteiger partial charge in [0.05, 0.1) is 0 Å². The molecule has 0 aromatic rings. The highest BCUT2D eigenvalue weighted by molar-refractivity contribution is 14.1. The van der Waals surface area contributed by atoms with Gasteiger partial charge in [-0.1, -0.05) is 43.4 Å². The van der Waals surface area contributed by atoms with E-state index in [0.29, 0.717) is 0 Å². The van der Waals surface area contributed by atoms with Crippen molar-refractivity contribution in [2.24, 2.45) is 5.92 Å². The fourth-order valence-corrected chi connectivity index (χ4v) is 1.70. The minimum absolute atomic E-state index is 0.872. The molecule has 8 heavy (non-hydrogen) atoms. The number of hydrogen-bond donors (Lipinski definition) is 0. The molecule has 0 bridgehead atoms. The van der Waals surface area contributed by atoms with Gasteiger partial charge in [0.15, 0.2) is 0 Å². The summed E-state index contributed by atoms with van der Waals surface area (Å²) in [7, 11) is 0. The Morgan fingerprint density at radius 1 is 1.38 bits per heavy atom. The minimum atomic E-state index is 0.872. The van der Waals surface area contributed by atoms with E-state index >= 15 is 0 Å². The average Bonchev–Trinajstić information content (AvgIpc) is 1.65. The number of hydrogen-bond acceptors (Lipinski definition) is 0. The quantitative estimate of drug-likeness (QED) is 0.511. The Hall–Kier alpha value is 0.730. The summed E-state index contributed by atoms with van der Waals surface area (Å²) in [5.74, 6) is 0.872. The number of rotatable bonds is 3. The summed E-state index contributed by atoms with van der Waals surface area (Å²) < 4.78 is 0.896. The largest absolute Gasteiger partial charge is 0.0826 e. The summed E-state index contributed by atoms with van der Waals surface area (Å²) in [5.41, 5.74) is 0. The SMILES string of the molecule is CC[C@H](I)CC(C)C. The lowest BCUT2D eigenvalue weighted by Gasteiger charge is -2.07. The van der Waals surface area contributed by atoms with Gasteiger partial charge in [-0.3, -0.25) is 0 Å². The van der Waals surface area contributed by atoms with Gasteiger partial charge in [-0.05, 0) is 18.8 Å². The second-order valence-corrected chi connectivity index (χ2v) is 4.40. The monoisotopic (exact) mass is 226 g/mol. The molecule has 0 aromatic heterocycles. The maximum Gasteiger partial charge on any atom is 0.0109 e. The standard InChI is InChI=1S/C7H15I/c1-4-7(8)5-6(2)3/h6-7H,4-5H2,1-3H3/t7-/m0/s1. The van der Waals surface area contributed by atoms with Gasteiger partial charge in [0, 0.05) is 3.92 Å². The van der Waals surface area contributed by atoms with Gasteiger partial charge in [-0.25, -0.2) is 0 Å². The Kier molecular flexibility index (Phi) is 5.01. The third-order valence-corrected chi connectivity index (χ3v) is 2.56. The summed E-state index contributed by atoms with van der Waals surface area (Å²) >= 11 is 2.52. The van der Waals surface area contributed by atoms with Crippen molar-refractivity contribution >= 4 is 22.6 Å². The molecule has 0 aromatic carbocycles. The summed E-state index contributed by atoms with van der Waals surface area (Å²) in [4.78, 5) is 0. The van der Waals surface area contributed by atoms with E-state index in [1.165, 1.54) is 12.8 Å². The molecule has 0 unspecified atom stereocenters. The normalized spacial score (nSPS) is 14.6. The maximum atomic E-state index is 2.52. The molecule has 0 spiro atoms. The second kappa shape index (κ2) is 4.59. The van der Waals surface area contributed by atoms with Crippen molar-refractivity contribution in [3.05, 3.63) is 0 Å². The molecule has 50 valence electrons. The zero-order chi connectivity index (χ0) is 6.57. The van der Waals surface area contributed by atoms with E-state index in [2.05, 4.69) is 43.4 Å². The molecule has 0 aliphatic heterocycles. The molecular weight excluding hydrogens is 211 g/mol. The van der Waals surface area contributed by atoms with Gasteiger partial charge in [-0.15, -0.1) is 0 Å². The van der Waals surface area contributed by atoms with Crippen LogP contribution in [-0.4, -0.2) is 3.92 Å². The van der Waals surface area contributed by atoms with Crippen molar-refractivity contribution in [1.29, 1.82) is 0 Å². The maximum absolute atomic E-state index is 2.52. The van der Waals surface area contributed by atoms with Gasteiger partial charge in [0.1, 0.15) is 0 Å². The molecule has 0 aliphatic rings. The first-order chi connectivity index (χ1) is 3.66. The summed E-state index contributed by atoms with van der Waals surface area (Å²) in [6.45, 7) is 6.81. The third-order valence-electron chi connectivity index (χ3n) is 1.17. The average molecular weight is 226 g/mol. The Morgan fingerprint density at radius 2 is 1.88 bits per heavy atom. The Bertz CT molecular complexity index is 50.3. The molecule has 0 amide bonds. The van der Waals surface area contributed by atoms with Crippen LogP contribution in [0, 0.1) is 5.92 Å². The molecule has 0 N–H and O–H groups in total. The third kappa shape index (κ3) is 4.88. The minimum Gasteiger partial charge on any atom is -0.0826 e. The van der Waals surface area contributed by atoms with Crippen molar-refractivity contribution in [3.8, 4) is 0 Å². The molecule has 0 nitrogen and oxygen atoms in total. The molecule has 0 fully saturated rings. The van der Waals surface area contributed by atoms with Crippen LogP contribution in [0.15, 0.2) is 0 Å². The summed E-state index contributed by atoms with van der Waals surface area (Å²) in [6, 6.07) is 0. The van der Waals surface area contributed by atoms with Crippen molar-refractivity contribution in [1.82, 2.24) is 0 Å². The van der Waals surface area contributed by atoms with E-state index in [-0.39, 0.29) is 0 Å². The molecular formula is C7H15I. The van der Waals surface area contributed by atoms with E-state index in [0.717, 1.165) is 9.84 Å². The van der Waals surface area contributed by atoms with E-state index in [1.54, 1.807) is 0 Å². The van der Waals surface area contributed by atoms with E-state index in [1.807, 2.05) is 0 Å². The van der Waals surface area contributed by atoms with Crippen LogP contribution in [0.1, 0.15) is 33.6 Å². The highest BCUT2D eigenvalue weighted by Crippen LogP contribution is 2.15. The first-order valence-electron chi connectivity index (χ1n) is 3.30. The van der Waals surface area contributed by atoms with Crippen molar-refractivity contribution in [3.63, 3.8) is 0 Å². The predicted octanol–water partition coefficient (Wildman–Crippen LogP) is 3.25. The van der Waals surface area contributed by atoms with E-state index < -0.39 is 0 Å². The molecule has 1 atom stereocenters. The first-order valence-corrected chi connectivity index (χ1v) is 4.55. The van der Waals surface area contributed by atoms with E-state index in [4.69, 9.17) is 0 Å². The Morgan fingerprint density at radius 3 is 2.00 bits per heavy atom. The molecule has 0 aliphatic carbocycles. The number of alkyl halides is 1. The Labute approximate surface area is 66.2 Å². The summed E-state index contributed by atoms with van der Waals surface area (Å²) in [6.07, 6.45) is 2.69. The van der Waals surface area contributed by atoms with Gasteiger partial charge < -0.3 is 0 Å². The van der Waals surface area contributed by atoms with Crippen LogP contribution in [0.5, 0.6) is 0 Å². The van der Waals surface area contributed by atoms with Crippen LogP contribution >= 0.6 is 22.6 Å². The van der Waals surface area contributed by atoms with Crippen LogP contribution in [0.2, 0.25) is 0 Å². The lowest BCUT2D eigenvalue weighted by molar-refractivity contribution is 0.571. The molecule has 0 saturated carbocycles. The van der Waals surface area contributed by atoms with E-state index in [9.17, 15) is 0 Å². The van der Waals surface area contributed by atoms with Gasteiger partial charge >= 0.3 is 0 Å². The van der Waals surface area contributed by atoms with Gasteiger partial charge in [0.2, 0.25) is 0 Å². The molecule has 1 heteroatoms. The molecule has 0 rings (SSSR count). The molecule has 0 heterocycles.